The minimum Gasteiger partial charge on any atom is -0.378 e. The zero-order valence-electron chi connectivity index (χ0n) is 16.1. The van der Waals surface area contributed by atoms with E-state index in [-0.39, 0.29) is 5.56 Å². The van der Waals surface area contributed by atoms with Crippen molar-refractivity contribution in [3.8, 4) is 0 Å². The van der Waals surface area contributed by atoms with Crippen LogP contribution in [-0.2, 0) is 11.2 Å². The van der Waals surface area contributed by atoms with Crippen LogP contribution in [0.15, 0.2) is 23.0 Å². The van der Waals surface area contributed by atoms with E-state index in [1.165, 1.54) is 5.56 Å². The maximum absolute atomic E-state index is 12.3. The standard InChI is InChI=1S/C20H27N5O2/c1-14-10-16(11-15(2)21-14)12-17-4-3-5-25(17)20-22-18(13-19(26)23-20)24-6-8-27-9-7-24/h10-11,13,17H,3-9,12H2,1-2H3,(H,22,23,26)/t17-/m1/s1. The van der Waals surface area contributed by atoms with Crippen molar-refractivity contribution in [1.82, 2.24) is 15.0 Å². The van der Waals surface area contributed by atoms with Gasteiger partial charge in [-0.3, -0.25) is 14.8 Å². The van der Waals surface area contributed by atoms with Crippen LogP contribution in [0.2, 0.25) is 0 Å². The van der Waals surface area contributed by atoms with Gasteiger partial charge in [0.15, 0.2) is 0 Å². The number of nitrogens with zero attached hydrogens (tertiary/aromatic N) is 4. The van der Waals surface area contributed by atoms with Gasteiger partial charge in [0, 0.05) is 43.1 Å². The molecular weight excluding hydrogens is 342 g/mol. The zero-order chi connectivity index (χ0) is 18.8. The third-order valence-corrected chi connectivity index (χ3v) is 5.31. The summed E-state index contributed by atoms with van der Waals surface area (Å²) >= 11 is 0. The number of rotatable bonds is 4. The predicted molar refractivity (Wildman–Crippen MR) is 106 cm³/mol. The van der Waals surface area contributed by atoms with Crippen LogP contribution in [0.4, 0.5) is 11.8 Å². The summed E-state index contributed by atoms with van der Waals surface area (Å²) < 4.78 is 5.41. The number of aromatic amines is 1. The second-order valence-corrected chi connectivity index (χ2v) is 7.48. The molecule has 7 heteroatoms. The van der Waals surface area contributed by atoms with Gasteiger partial charge in [-0.2, -0.15) is 4.98 Å². The summed E-state index contributed by atoms with van der Waals surface area (Å²) in [5.74, 6) is 1.44. The molecule has 4 rings (SSSR count). The van der Waals surface area contributed by atoms with Gasteiger partial charge in [0.1, 0.15) is 5.82 Å². The van der Waals surface area contributed by atoms with Crippen molar-refractivity contribution in [1.29, 1.82) is 0 Å². The molecule has 2 aliphatic heterocycles. The van der Waals surface area contributed by atoms with E-state index in [0.717, 1.165) is 56.1 Å². The summed E-state index contributed by atoms with van der Waals surface area (Å²) in [7, 11) is 0. The highest BCUT2D eigenvalue weighted by atomic mass is 16.5. The second-order valence-electron chi connectivity index (χ2n) is 7.48. The van der Waals surface area contributed by atoms with Gasteiger partial charge in [-0.1, -0.05) is 0 Å². The third-order valence-electron chi connectivity index (χ3n) is 5.31. The highest BCUT2D eigenvalue weighted by molar-refractivity contribution is 5.45. The Labute approximate surface area is 159 Å². The largest absolute Gasteiger partial charge is 0.378 e. The number of pyridine rings is 1. The van der Waals surface area contributed by atoms with E-state index in [2.05, 4.69) is 31.9 Å². The van der Waals surface area contributed by atoms with E-state index < -0.39 is 0 Å². The van der Waals surface area contributed by atoms with Gasteiger partial charge >= 0.3 is 0 Å². The molecule has 0 spiro atoms. The summed E-state index contributed by atoms with van der Waals surface area (Å²) in [5.41, 5.74) is 3.30. The number of H-pyrrole nitrogens is 1. The fraction of sp³-hybridized carbons (Fsp3) is 0.550. The molecule has 2 saturated heterocycles. The van der Waals surface area contributed by atoms with Crippen LogP contribution in [0.1, 0.15) is 29.8 Å². The Morgan fingerprint density at radius 3 is 2.59 bits per heavy atom. The maximum atomic E-state index is 12.3. The lowest BCUT2D eigenvalue weighted by Gasteiger charge is -2.30. The number of hydrogen-bond acceptors (Lipinski definition) is 6. The van der Waals surface area contributed by atoms with E-state index in [9.17, 15) is 4.79 Å². The second kappa shape index (κ2) is 7.68. The lowest BCUT2D eigenvalue weighted by Crippen LogP contribution is -2.39. The van der Waals surface area contributed by atoms with Gasteiger partial charge in [0.2, 0.25) is 5.95 Å². The van der Waals surface area contributed by atoms with Gasteiger partial charge in [0.05, 0.1) is 13.2 Å². The Balaban J connectivity index is 1.57. The van der Waals surface area contributed by atoms with E-state index >= 15 is 0 Å². The normalized spacial score (nSPS) is 20.3. The number of aryl methyl sites for hydroxylation is 2. The molecule has 0 saturated carbocycles. The summed E-state index contributed by atoms with van der Waals surface area (Å²) in [5, 5.41) is 0. The molecule has 2 aromatic heterocycles. The molecule has 0 unspecified atom stereocenters. The quantitative estimate of drug-likeness (QED) is 0.886. The van der Waals surface area contributed by atoms with Crippen molar-refractivity contribution in [2.75, 3.05) is 42.6 Å². The number of anilines is 2. The molecular formula is C20H27N5O2. The molecule has 0 radical (unpaired) electrons. The molecule has 1 atom stereocenters. The van der Waals surface area contributed by atoms with Crippen LogP contribution in [0.25, 0.3) is 0 Å². The molecule has 0 amide bonds. The van der Waals surface area contributed by atoms with Gasteiger partial charge < -0.3 is 14.5 Å². The Hall–Kier alpha value is -2.41. The smallest absolute Gasteiger partial charge is 0.254 e. The Kier molecular flexibility index (Phi) is 5.11. The molecule has 2 fully saturated rings. The van der Waals surface area contributed by atoms with E-state index in [0.29, 0.717) is 25.2 Å². The average Bonchev–Trinajstić information content (AvgIpc) is 3.09. The summed E-state index contributed by atoms with van der Waals surface area (Å²) in [6.07, 6.45) is 3.15. The van der Waals surface area contributed by atoms with Crippen LogP contribution < -0.4 is 15.4 Å². The van der Waals surface area contributed by atoms with Crippen LogP contribution >= 0.6 is 0 Å². The van der Waals surface area contributed by atoms with Gasteiger partial charge in [-0.05, 0) is 50.8 Å². The first kappa shape index (κ1) is 18.0. The fourth-order valence-electron chi connectivity index (χ4n) is 4.16. The molecule has 0 aromatic carbocycles. The van der Waals surface area contributed by atoms with Crippen molar-refractivity contribution >= 4 is 11.8 Å². The van der Waals surface area contributed by atoms with Crippen LogP contribution in [0.3, 0.4) is 0 Å². The van der Waals surface area contributed by atoms with Gasteiger partial charge in [-0.15, -0.1) is 0 Å². The topological polar surface area (TPSA) is 74.3 Å². The Bertz CT molecular complexity index is 839. The number of hydrogen-bond donors (Lipinski definition) is 1. The third kappa shape index (κ3) is 4.13. The first-order valence-corrected chi connectivity index (χ1v) is 9.73. The average molecular weight is 369 g/mol. The van der Waals surface area contributed by atoms with E-state index in [4.69, 9.17) is 9.72 Å². The van der Waals surface area contributed by atoms with Crippen molar-refractivity contribution in [2.45, 2.75) is 39.2 Å². The Morgan fingerprint density at radius 1 is 1.11 bits per heavy atom. The molecule has 2 aromatic rings. The highest BCUT2D eigenvalue weighted by Crippen LogP contribution is 2.26. The number of nitrogens with one attached hydrogen (secondary N) is 1. The molecule has 1 N–H and O–H groups in total. The predicted octanol–water partition coefficient (Wildman–Crippen LogP) is 1.83. The monoisotopic (exact) mass is 369 g/mol. The minimum absolute atomic E-state index is 0.0947. The lowest BCUT2D eigenvalue weighted by atomic mass is 10.0. The van der Waals surface area contributed by atoms with Crippen LogP contribution in [-0.4, -0.2) is 53.8 Å². The van der Waals surface area contributed by atoms with Crippen molar-refractivity contribution in [3.63, 3.8) is 0 Å². The first-order chi connectivity index (χ1) is 13.1. The first-order valence-electron chi connectivity index (χ1n) is 9.73. The molecule has 27 heavy (non-hydrogen) atoms. The summed E-state index contributed by atoms with van der Waals surface area (Å²) in [6, 6.07) is 6.25. The van der Waals surface area contributed by atoms with Gasteiger partial charge in [-0.25, -0.2) is 0 Å². The zero-order valence-corrected chi connectivity index (χ0v) is 16.1. The van der Waals surface area contributed by atoms with E-state index in [1.807, 2.05) is 13.8 Å². The highest BCUT2D eigenvalue weighted by Gasteiger charge is 2.27. The number of aromatic nitrogens is 3. The molecule has 2 aliphatic rings. The molecule has 144 valence electrons. The number of morpholine rings is 1. The van der Waals surface area contributed by atoms with Gasteiger partial charge in [0.25, 0.3) is 5.56 Å². The maximum Gasteiger partial charge on any atom is 0.254 e. The molecule has 7 nitrogen and oxygen atoms in total. The number of ether oxygens (including phenoxy) is 1. The summed E-state index contributed by atoms with van der Waals surface area (Å²) in [6.45, 7) is 7.89. The lowest BCUT2D eigenvalue weighted by molar-refractivity contribution is 0.122. The SMILES string of the molecule is Cc1cc(C[C@H]2CCCN2c2nc(N3CCOCC3)cc(=O)[nH]2)cc(C)n1. The van der Waals surface area contributed by atoms with Crippen LogP contribution in [0, 0.1) is 13.8 Å². The molecule has 0 aliphatic carbocycles. The van der Waals surface area contributed by atoms with Crippen molar-refractivity contribution in [3.05, 3.63) is 45.5 Å². The molecule has 0 bridgehead atoms. The van der Waals surface area contributed by atoms with Crippen molar-refractivity contribution < 1.29 is 4.74 Å². The molecule has 4 heterocycles. The van der Waals surface area contributed by atoms with E-state index in [1.54, 1.807) is 6.07 Å². The Morgan fingerprint density at radius 2 is 1.85 bits per heavy atom. The van der Waals surface area contributed by atoms with Crippen molar-refractivity contribution in [2.24, 2.45) is 0 Å². The fourth-order valence-corrected chi connectivity index (χ4v) is 4.16. The van der Waals surface area contributed by atoms with Crippen LogP contribution in [0.5, 0.6) is 0 Å². The summed E-state index contributed by atoms with van der Waals surface area (Å²) in [4.78, 5) is 28.9. The minimum atomic E-state index is -0.0947.